The number of hydrogen-bond donors (Lipinski definition) is 0. The lowest BCUT2D eigenvalue weighted by molar-refractivity contribution is 0.906. The number of para-hydroxylation sites is 1. The molecule has 5 aromatic carbocycles. The highest BCUT2D eigenvalue weighted by molar-refractivity contribution is 6.16. The standard InChI is InChI=1S/C45H32N6/c1-3-4-21-35-30(2)50(45-48-43(31-15-8-5-9-16-31)47-44(49-45)32-17-10-6-11-18-32)41-28-33(24-25-37(35)41)36-22-14-23-40-42(36)38-29-46-27-26-39(38)51(40)34-19-12-7-13-20-34/h3-29H,1H2,2H3/b21-4-. The Morgan fingerprint density at radius 1 is 0.588 bits per heavy atom. The van der Waals surface area contributed by atoms with Crippen LogP contribution < -0.4 is 0 Å². The summed E-state index contributed by atoms with van der Waals surface area (Å²) >= 11 is 0. The van der Waals surface area contributed by atoms with Crippen molar-refractivity contribution in [2.75, 3.05) is 0 Å². The maximum atomic E-state index is 5.12. The Labute approximate surface area is 295 Å². The first-order valence-corrected chi connectivity index (χ1v) is 16.9. The highest BCUT2D eigenvalue weighted by Gasteiger charge is 2.21. The molecule has 6 nitrogen and oxygen atoms in total. The number of hydrogen-bond acceptors (Lipinski definition) is 4. The van der Waals surface area contributed by atoms with Gasteiger partial charge in [0.15, 0.2) is 11.6 Å². The molecule has 0 bridgehead atoms. The van der Waals surface area contributed by atoms with Gasteiger partial charge in [-0.1, -0.05) is 128 Å². The third kappa shape index (κ3) is 5.13. The first-order chi connectivity index (χ1) is 25.2. The molecule has 6 heteroatoms. The fraction of sp³-hybridized carbons (Fsp3) is 0.0222. The second-order valence-electron chi connectivity index (χ2n) is 12.4. The molecule has 9 aromatic rings. The minimum atomic E-state index is 0.559. The van der Waals surface area contributed by atoms with Gasteiger partial charge in [-0.2, -0.15) is 9.97 Å². The van der Waals surface area contributed by atoms with Gasteiger partial charge >= 0.3 is 0 Å². The lowest BCUT2D eigenvalue weighted by Crippen LogP contribution is -2.07. The molecular weight excluding hydrogens is 625 g/mol. The predicted molar refractivity (Wildman–Crippen MR) is 209 cm³/mol. The van der Waals surface area contributed by atoms with Crippen LogP contribution in [0.3, 0.4) is 0 Å². The fourth-order valence-corrected chi connectivity index (χ4v) is 7.15. The Balaban J connectivity index is 1.32. The van der Waals surface area contributed by atoms with Gasteiger partial charge in [-0.05, 0) is 48.4 Å². The highest BCUT2D eigenvalue weighted by atomic mass is 15.2. The maximum absolute atomic E-state index is 5.12. The van der Waals surface area contributed by atoms with E-state index in [0.717, 1.165) is 71.9 Å². The second kappa shape index (κ2) is 12.5. The Morgan fingerprint density at radius 3 is 1.96 bits per heavy atom. The van der Waals surface area contributed by atoms with E-state index in [1.54, 1.807) is 6.08 Å². The highest BCUT2D eigenvalue weighted by Crippen LogP contribution is 2.40. The first kappa shape index (κ1) is 30.2. The van der Waals surface area contributed by atoms with Crippen molar-refractivity contribution >= 4 is 38.8 Å². The van der Waals surface area contributed by atoms with Crippen molar-refractivity contribution in [2.45, 2.75) is 6.92 Å². The number of benzene rings is 5. The summed E-state index contributed by atoms with van der Waals surface area (Å²) in [6, 6.07) is 46.0. The summed E-state index contributed by atoms with van der Waals surface area (Å²) in [5.41, 5.74) is 10.5. The third-order valence-corrected chi connectivity index (χ3v) is 9.46. The molecule has 242 valence electrons. The maximum Gasteiger partial charge on any atom is 0.238 e. The summed E-state index contributed by atoms with van der Waals surface area (Å²) in [6.45, 7) is 6.06. The predicted octanol–water partition coefficient (Wildman–Crippen LogP) is 10.8. The van der Waals surface area contributed by atoms with Gasteiger partial charge in [-0.25, -0.2) is 4.98 Å². The van der Waals surface area contributed by atoms with Gasteiger partial charge in [-0.3, -0.25) is 9.55 Å². The van der Waals surface area contributed by atoms with E-state index in [1.165, 1.54) is 0 Å². The molecule has 0 aliphatic rings. The van der Waals surface area contributed by atoms with E-state index in [4.69, 9.17) is 15.0 Å². The lowest BCUT2D eigenvalue weighted by atomic mass is 9.98. The van der Waals surface area contributed by atoms with Crippen LogP contribution in [0.15, 0.2) is 165 Å². The van der Waals surface area contributed by atoms with Crippen molar-refractivity contribution in [3.63, 3.8) is 0 Å². The van der Waals surface area contributed by atoms with Crippen molar-refractivity contribution in [2.24, 2.45) is 0 Å². The van der Waals surface area contributed by atoms with Crippen LogP contribution in [-0.4, -0.2) is 29.1 Å². The minimum Gasteiger partial charge on any atom is -0.309 e. The van der Waals surface area contributed by atoms with Crippen LogP contribution in [0, 0.1) is 6.92 Å². The fourth-order valence-electron chi connectivity index (χ4n) is 7.15. The summed E-state index contributed by atoms with van der Waals surface area (Å²) in [6.07, 6.45) is 9.73. The number of allylic oxidation sites excluding steroid dienone is 2. The van der Waals surface area contributed by atoms with E-state index in [1.807, 2.05) is 85.2 Å². The zero-order valence-corrected chi connectivity index (χ0v) is 28.0. The summed E-state index contributed by atoms with van der Waals surface area (Å²) in [7, 11) is 0. The van der Waals surface area contributed by atoms with Crippen LogP contribution in [-0.2, 0) is 0 Å². The molecular formula is C45H32N6. The first-order valence-electron chi connectivity index (χ1n) is 16.9. The molecule has 9 rings (SSSR count). The molecule has 0 radical (unpaired) electrons. The SMILES string of the molecule is C=C/C=C\c1c(C)n(-c2nc(-c3ccccc3)nc(-c3ccccc3)n2)c2cc(-c3cccc4c3c3cnccc3n4-c3ccccc3)ccc12. The van der Waals surface area contributed by atoms with Crippen LogP contribution >= 0.6 is 0 Å². The van der Waals surface area contributed by atoms with Crippen molar-refractivity contribution in [3.8, 4) is 45.5 Å². The molecule has 0 amide bonds. The van der Waals surface area contributed by atoms with Gasteiger partial charge in [-0.15, -0.1) is 0 Å². The van der Waals surface area contributed by atoms with E-state index >= 15 is 0 Å². The van der Waals surface area contributed by atoms with Crippen LogP contribution in [0.1, 0.15) is 11.3 Å². The van der Waals surface area contributed by atoms with Crippen molar-refractivity contribution in [1.82, 2.24) is 29.1 Å². The topological polar surface area (TPSA) is 61.4 Å². The van der Waals surface area contributed by atoms with Crippen LogP contribution in [0.25, 0.3) is 84.3 Å². The van der Waals surface area contributed by atoms with Gasteiger partial charge in [0.05, 0.1) is 16.6 Å². The molecule has 0 aliphatic heterocycles. The number of fused-ring (bicyclic) bond motifs is 4. The van der Waals surface area contributed by atoms with E-state index in [-0.39, 0.29) is 0 Å². The van der Waals surface area contributed by atoms with Gasteiger partial charge in [0.1, 0.15) is 0 Å². The average molecular weight is 657 g/mol. The number of rotatable bonds is 7. The van der Waals surface area contributed by atoms with Crippen molar-refractivity contribution in [1.29, 1.82) is 0 Å². The molecule has 4 heterocycles. The zero-order valence-electron chi connectivity index (χ0n) is 28.0. The Morgan fingerprint density at radius 2 is 1.27 bits per heavy atom. The molecule has 0 unspecified atom stereocenters. The van der Waals surface area contributed by atoms with E-state index in [9.17, 15) is 0 Å². The van der Waals surface area contributed by atoms with E-state index in [2.05, 4.69) is 100 Å². The largest absolute Gasteiger partial charge is 0.309 e. The number of nitrogens with zero attached hydrogens (tertiary/aromatic N) is 6. The molecule has 4 aromatic heterocycles. The second-order valence-corrected chi connectivity index (χ2v) is 12.4. The monoisotopic (exact) mass is 656 g/mol. The van der Waals surface area contributed by atoms with Gasteiger partial charge in [0.25, 0.3) is 0 Å². The Hall–Kier alpha value is -6.92. The van der Waals surface area contributed by atoms with E-state index < -0.39 is 0 Å². The minimum absolute atomic E-state index is 0.559. The summed E-state index contributed by atoms with van der Waals surface area (Å²) in [5, 5.41) is 3.35. The zero-order chi connectivity index (χ0) is 34.3. The van der Waals surface area contributed by atoms with E-state index in [0.29, 0.717) is 17.6 Å². The molecule has 0 N–H and O–H groups in total. The Bertz CT molecular complexity index is 2700. The van der Waals surface area contributed by atoms with Crippen molar-refractivity contribution in [3.05, 3.63) is 176 Å². The van der Waals surface area contributed by atoms with Gasteiger partial charge in [0, 0.05) is 56.6 Å². The quantitative estimate of drug-likeness (QED) is 0.160. The van der Waals surface area contributed by atoms with Crippen LogP contribution in [0.2, 0.25) is 0 Å². The van der Waals surface area contributed by atoms with Gasteiger partial charge in [0.2, 0.25) is 5.95 Å². The van der Waals surface area contributed by atoms with Crippen LogP contribution in [0.5, 0.6) is 0 Å². The molecule has 0 saturated carbocycles. The van der Waals surface area contributed by atoms with Crippen molar-refractivity contribution < 1.29 is 0 Å². The smallest absolute Gasteiger partial charge is 0.238 e. The average Bonchev–Trinajstić information content (AvgIpc) is 3.68. The Kier molecular flexibility index (Phi) is 7.40. The lowest BCUT2D eigenvalue weighted by Gasteiger charge is -2.12. The van der Waals surface area contributed by atoms with Crippen LogP contribution in [0.4, 0.5) is 0 Å². The summed E-state index contributed by atoms with van der Waals surface area (Å²) in [4.78, 5) is 19.8. The molecule has 0 saturated heterocycles. The summed E-state index contributed by atoms with van der Waals surface area (Å²) < 4.78 is 4.48. The molecule has 0 spiro atoms. The molecule has 0 aliphatic carbocycles. The molecule has 0 atom stereocenters. The third-order valence-electron chi connectivity index (χ3n) is 9.46. The number of aromatic nitrogens is 6. The molecule has 0 fully saturated rings. The number of pyridine rings is 1. The normalized spacial score (nSPS) is 11.6. The summed E-state index contributed by atoms with van der Waals surface area (Å²) in [5.74, 6) is 1.79. The molecule has 51 heavy (non-hydrogen) atoms. The van der Waals surface area contributed by atoms with Gasteiger partial charge < -0.3 is 4.57 Å².